The first-order valence-electron chi connectivity index (χ1n) is 10.0. The molecule has 0 aliphatic heterocycles. The van der Waals surface area contributed by atoms with Gasteiger partial charge in [-0.05, 0) is 29.2 Å². The maximum Gasteiger partial charge on any atom is 0.408 e. The minimum absolute atomic E-state index is 0.0684. The van der Waals surface area contributed by atoms with Crippen molar-refractivity contribution in [2.75, 3.05) is 7.11 Å². The van der Waals surface area contributed by atoms with Crippen molar-refractivity contribution in [2.24, 2.45) is 5.92 Å². The molecule has 0 aliphatic carbocycles. The van der Waals surface area contributed by atoms with Crippen molar-refractivity contribution in [2.45, 2.75) is 39.0 Å². The zero-order valence-corrected chi connectivity index (χ0v) is 19.6. The van der Waals surface area contributed by atoms with Gasteiger partial charge in [0.2, 0.25) is 5.91 Å². The van der Waals surface area contributed by atoms with Crippen LogP contribution in [0.2, 0.25) is 10.0 Å². The quantitative estimate of drug-likeness (QED) is 0.525. The molecule has 32 heavy (non-hydrogen) atoms. The summed E-state index contributed by atoms with van der Waals surface area (Å²) in [5.41, 5.74) is 1.43. The molecule has 2 aromatic rings. The number of methoxy groups -OCH3 is 1. The summed E-state index contributed by atoms with van der Waals surface area (Å²) in [5.74, 6) is -1.45. The van der Waals surface area contributed by atoms with Crippen molar-refractivity contribution in [1.29, 1.82) is 0 Å². The largest absolute Gasteiger partial charge is 0.467 e. The average Bonchev–Trinajstić information content (AvgIpc) is 2.77. The molecule has 0 fully saturated rings. The smallest absolute Gasteiger partial charge is 0.408 e. The van der Waals surface area contributed by atoms with Crippen LogP contribution in [0.25, 0.3) is 0 Å². The van der Waals surface area contributed by atoms with Gasteiger partial charge in [0.15, 0.2) is 0 Å². The van der Waals surface area contributed by atoms with E-state index in [2.05, 4.69) is 10.6 Å². The van der Waals surface area contributed by atoms with E-state index in [4.69, 9.17) is 32.7 Å². The van der Waals surface area contributed by atoms with Gasteiger partial charge < -0.3 is 20.1 Å². The second-order valence-electron chi connectivity index (χ2n) is 7.45. The molecule has 0 bridgehead atoms. The highest BCUT2D eigenvalue weighted by Gasteiger charge is 2.30. The summed E-state index contributed by atoms with van der Waals surface area (Å²) in [4.78, 5) is 37.4. The number of carbonyl (C=O) groups is 3. The van der Waals surface area contributed by atoms with Crippen LogP contribution in [0, 0.1) is 5.92 Å². The van der Waals surface area contributed by atoms with Gasteiger partial charge in [-0.25, -0.2) is 9.59 Å². The average molecular weight is 481 g/mol. The molecule has 0 saturated carbocycles. The molecule has 0 aliphatic rings. The molecule has 2 aromatic carbocycles. The van der Waals surface area contributed by atoms with Crippen molar-refractivity contribution >= 4 is 41.2 Å². The summed E-state index contributed by atoms with van der Waals surface area (Å²) < 4.78 is 10.0. The summed E-state index contributed by atoms with van der Waals surface area (Å²) in [6.07, 6.45) is -0.643. The molecule has 0 radical (unpaired) electrons. The number of halogens is 2. The predicted molar refractivity (Wildman–Crippen MR) is 123 cm³/mol. The number of alkyl carbamates (subject to hydrolysis) is 1. The lowest BCUT2D eigenvalue weighted by Crippen LogP contribution is -2.54. The molecule has 7 nitrogen and oxygen atoms in total. The molecular weight excluding hydrogens is 455 g/mol. The highest BCUT2D eigenvalue weighted by Crippen LogP contribution is 2.22. The van der Waals surface area contributed by atoms with Crippen molar-refractivity contribution in [3.63, 3.8) is 0 Å². The Hall–Kier alpha value is -2.77. The zero-order valence-electron chi connectivity index (χ0n) is 18.1. The second kappa shape index (κ2) is 12.3. The first-order valence-corrected chi connectivity index (χ1v) is 10.8. The van der Waals surface area contributed by atoms with E-state index in [0.29, 0.717) is 15.6 Å². The fraction of sp³-hybridized carbons (Fsp3) is 0.348. The molecule has 2 N–H and O–H groups in total. The van der Waals surface area contributed by atoms with Gasteiger partial charge in [-0.3, -0.25) is 4.79 Å². The van der Waals surface area contributed by atoms with Crippen LogP contribution in [-0.4, -0.2) is 37.2 Å². The van der Waals surface area contributed by atoms with E-state index in [0.717, 1.165) is 5.56 Å². The van der Waals surface area contributed by atoms with Crippen LogP contribution in [-0.2, 0) is 32.1 Å². The van der Waals surface area contributed by atoms with Crippen LogP contribution >= 0.6 is 23.2 Å². The summed E-state index contributed by atoms with van der Waals surface area (Å²) >= 11 is 12.1. The Labute approximate surface area is 197 Å². The fourth-order valence-corrected chi connectivity index (χ4v) is 3.42. The topological polar surface area (TPSA) is 93.7 Å². The number of hydrogen-bond donors (Lipinski definition) is 2. The van der Waals surface area contributed by atoms with E-state index in [1.54, 1.807) is 32.0 Å². The number of carbonyl (C=O) groups excluding carboxylic acids is 3. The van der Waals surface area contributed by atoms with Gasteiger partial charge >= 0.3 is 12.1 Å². The second-order valence-corrected chi connectivity index (χ2v) is 8.30. The van der Waals surface area contributed by atoms with Gasteiger partial charge in [0.05, 0.1) is 7.11 Å². The Bertz CT molecular complexity index is 937. The third-order valence-corrected chi connectivity index (χ3v) is 5.26. The van der Waals surface area contributed by atoms with Crippen molar-refractivity contribution in [1.82, 2.24) is 10.6 Å². The molecule has 2 amide bonds. The maximum atomic E-state index is 12.9. The lowest BCUT2D eigenvalue weighted by Gasteiger charge is -2.24. The standard InChI is InChI=1S/C23H26Cl2N2O5/c1-14(2)20(27-23(30)32-13-15-7-5-4-6-8-15)21(28)26-19(22(29)31-3)11-16-9-10-17(24)12-18(16)25/h4-10,12,14,19-20H,11,13H2,1-3H3,(H,26,28)(H,27,30)/t19-,20-/m1/s1. The van der Waals surface area contributed by atoms with E-state index in [-0.39, 0.29) is 18.9 Å². The first-order chi connectivity index (χ1) is 15.2. The molecule has 0 saturated heterocycles. The Kier molecular flexibility index (Phi) is 9.81. The normalized spacial score (nSPS) is 12.6. The fourth-order valence-electron chi connectivity index (χ4n) is 2.93. The monoisotopic (exact) mass is 480 g/mol. The Morgan fingerprint density at radius 2 is 1.69 bits per heavy atom. The Morgan fingerprint density at radius 1 is 1.00 bits per heavy atom. The molecule has 0 aromatic heterocycles. The van der Waals surface area contributed by atoms with E-state index >= 15 is 0 Å². The summed E-state index contributed by atoms with van der Waals surface area (Å²) in [5, 5.41) is 6.02. The van der Waals surface area contributed by atoms with E-state index in [1.807, 2.05) is 30.3 Å². The Balaban J connectivity index is 2.05. The Morgan fingerprint density at radius 3 is 2.28 bits per heavy atom. The molecule has 0 unspecified atom stereocenters. The van der Waals surface area contributed by atoms with Crippen LogP contribution in [0.5, 0.6) is 0 Å². The highest BCUT2D eigenvalue weighted by atomic mass is 35.5. The van der Waals surface area contributed by atoms with Crippen LogP contribution in [0.15, 0.2) is 48.5 Å². The maximum absolute atomic E-state index is 12.9. The van der Waals surface area contributed by atoms with Crippen molar-refractivity contribution in [3.8, 4) is 0 Å². The van der Waals surface area contributed by atoms with Crippen LogP contribution in [0.3, 0.4) is 0 Å². The van der Waals surface area contributed by atoms with Gasteiger partial charge in [0, 0.05) is 16.5 Å². The van der Waals surface area contributed by atoms with E-state index in [1.165, 1.54) is 7.11 Å². The highest BCUT2D eigenvalue weighted by molar-refractivity contribution is 6.35. The van der Waals surface area contributed by atoms with Crippen molar-refractivity contribution < 1.29 is 23.9 Å². The predicted octanol–water partition coefficient (Wildman–Crippen LogP) is 4.14. The third kappa shape index (κ3) is 7.73. The van der Waals surface area contributed by atoms with Crippen LogP contribution < -0.4 is 10.6 Å². The number of amides is 2. The summed E-state index contributed by atoms with van der Waals surface area (Å²) in [7, 11) is 1.23. The van der Waals surface area contributed by atoms with E-state index in [9.17, 15) is 14.4 Å². The molecule has 172 valence electrons. The third-order valence-electron chi connectivity index (χ3n) is 4.68. The van der Waals surface area contributed by atoms with E-state index < -0.39 is 30.1 Å². The molecular formula is C23H26Cl2N2O5. The number of rotatable bonds is 9. The van der Waals surface area contributed by atoms with Gasteiger partial charge in [0.25, 0.3) is 0 Å². The van der Waals surface area contributed by atoms with Gasteiger partial charge in [-0.2, -0.15) is 0 Å². The SMILES string of the molecule is COC(=O)[C@@H](Cc1ccc(Cl)cc1Cl)NC(=O)[C@H](NC(=O)OCc1ccccc1)C(C)C. The number of ether oxygens (including phenoxy) is 2. The first kappa shape index (κ1) is 25.5. The minimum atomic E-state index is -1.01. The number of nitrogens with one attached hydrogen (secondary N) is 2. The lowest BCUT2D eigenvalue weighted by atomic mass is 10.0. The molecule has 0 heterocycles. The number of hydrogen-bond acceptors (Lipinski definition) is 5. The molecule has 2 rings (SSSR count). The van der Waals surface area contributed by atoms with Gasteiger partial charge in [-0.1, -0.05) is 73.4 Å². The molecule has 2 atom stereocenters. The van der Waals surface area contributed by atoms with Gasteiger partial charge in [-0.15, -0.1) is 0 Å². The lowest BCUT2D eigenvalue weighted by molar-refractivity contribution is -0.145. The van der Waals surface area contributed by atoms with Crippen LogP contribution in [0.1, 0.15) is 25.0 Å². The number of esters is 1. The summed E-state index contributed by atoms with van der Waals surface area (Å²) in [6.45, 7) is 3.61. The molecule has 9 heteroatoms. The zero-order chi connectivity index (χ0) is 23.7. The summed E-state index contributed by atoms with van der Waals surface area (Å²) in [6, 6.07) is 12.1. The van der Waals surface area contributed by atoms with Crippen LogP contribution in [0.4, 0.5) is 4.79 Å². The van der Waals surface area contributed by atoms with Crippen molar-refractivity contribution in [3.05, 3.63) is 69.7 Å². The number of benzene rings is 2. The van der Waals surface area contributed by atoms with Gasteiger partial charge in [0.1, 0.15) is 18.7 Å². The minimum Gasteiger partial charge on any atom is -0.467 e. The molecule has 0 spiro atoms.